The summed E-state index contributed by atoms with van der Waals surface area (Å²) < 4.78 is 62.2. The van der Waals surface area contributed by atoms with Crippen molar-refractivity contribution >= 4 is 55.0 Å². The zero-order chi connectivity index (χ0) is 53.1. The van der Waals surface area contributed by atoms with Gasteiger partial charge in [-0.25, -0.2) is 22.5 Å². The molecular formula is C57H63FN8O9S. The van der Waals surface area contributed by atoms with Crippen molar-refractivity contribution in [3.8, 4) is 17.2 Å². The summed E-state index contributed by atoms with van der Waals surface area (Å²) in [5, 5.41) is 26.9. The number of rotatable bonds is 16. The number of nitro benzene ring substituents is 1. The summed E-state index contributed by atoms with van der Waals surface area (Å²) in [5.41, 5.74) is 4.61. The van der Waals surface area contributed by atoms with Crippen molar-refractivity contribution < 1.29 is 41.5 Å². The molecule has 4 aliphatic rings. The van der Waals surface area contributed by atoms with Crippen LogP contribution in [-0.2, 0) is 16.6 Å². The van der Waals surface area contributed by atoms with E-state index in [0.29, 0.717) is 37.0 Å². The van der Waals surface area contributed by atoms with Gasteiger partial charge >= 0.3 is 0 Å². The minimum atomic E-state index is -4.65. The number of anilines is 2. The van der Waals surface area contributed by atoms with E-state index in [4.69, 9.17) is 13.9 Å². The van der Waals surface area contributed by atoms with Gasteiger partial charge in [-0.05, 0) is 123 Å². The van der Waals surface area contributed by atoms with Crippen LogP contribution in [0.1, 0.15) is 98.3 Å². The molecule has 1 atom stereocenters. The number of furan rings is 1. The van der Waals surface area contributed by atoms with Gasteiger partial charge < -0.3 is 34.2 Å². The molecule has 3 aromatic heterocycles. The van der Waals surface area contributed by atoms with Gasteiger partial charge in [0, 0.05) is 92.7 Å². The standard InChI is InChI=1S/C57H63FN8O9S/c1-35(2)43-7-5-6-8-44(43)50-32-63(31-37-21-38-15-20-74-53(38)52(22-37)73-4)18-19-65(50)40-26-57(27-40)33-64(34-57)39-9-11-45(51(23-39)75-41-24-46-47(58)30-61-54(46)60-29-41)55(67)62-76(71,72)42-10-12-48(49(25-42)66(69)70)59-28-36-13-16-56(3,68)17-14-36/h5-12,15,20-25,29-30,35-36,40,50,59,68H,13-14,16-19,26-28,31-34H2,1-4H3,(H,60,61)(H,62,67)/t36-,50-,56-/m0/s1. The number of nitro groups is 1. The maximum Gasteiger partial charge on any atom is 0.293 e. The van der Waals surface area contributed by atoms with Crippen LogP contribution < -0.4 is 24.4 Å². The monoisotopic (exact) mass is 1050 g/mol. The molecule has 11 rings (SSSR count). The first kappa shape index (κ1) is 51.1. The number of amides is 1. The number of hydrogen-bond acceptors (Lipinski definition) is 14. The summed E-state index contributed by atoms with van der Waals surface area (Å²) >= 11 is 0. The van der Waals surface area contributed by atoms with Crippen LogP contribution in [0.2, 0.25) is 0 Å². The van der Waals surface area contributed by atoms with Crippen molar-refractivity contribution in [2.75, 3.05) is 56.6 Å². The molecule has 76 heavy (non-hydrogen) atoms. The maximum absolute atomic E-state index is 14.7. The molecule has 2 aliphatic heterocycles. The van der Waals surface area contributed by atoms with Gasteiger partial charge in [0.25, 0.3) is 21.6 Å². The Bertz CT molecular complexity index is 3450. The number of piperazine rings is 1. The van der Waals surface area contributed by atoms with Crippen molar-refractivity contribution in [1.29, 1.82) is 0 Å². The molecule has 5 heterocycles. The lowest BCUT2D eigenvalue weighted by Gasteiger charge is -2.63. The van der Waals surface area contributed by atoms with Crippen LogP contribution in [0.3, 0.4) is 0 Å². The largest absolute Gasteiger partial charge is 0.493 e. The number of aromatic amines is 1. The number of nitrogens with zero attached hydrogens (tertiary/aromatic N) is 5. The Morgan fingerprint density at radius 2 is 1.82 bits per heavy atom. The van der Waals surface area contributed by atoms with Gasteiger partial charge in [0.1, 0.15) is 28.7 Å². The van der Waals surface area contributed by atoms with E-state index in [9.17, 15) is 32.8 Å². The number of sulfonamides is 1. The van der Waals surface area contributed by atoms with Crippen molar-refractivity contribution in [3.05, 3.63) is 142 Å². The molecule has 0 bridgehead atoms. The van der Waals surface area contributed by atoms with Crippen molar-refractivity contribution in [1.82, 2.24) is 24.5 Å². The summed E-state index contributed by atoms with van der Waals surface area (Å²) in [4.78, 5) is 39.7. The van der Waals surface area contributed by atoms with Crippen LogP contribution in [-0.4, -0.2) is 102 Å². The molecule has 0 radical (unpaired) electrons. The van der Waals surface area contributed by atoms with Crippen LogP contribution in [0, 0.1) is 27.3 Å². The highest BCUT2D eigenvalue weighted by Crippen LogP contribution is 2.54. The van der Waals surface area contributed by atoms with E-state index in [1.54, 1.807) is 32.4 Å². The SMILES string of the molecule is COc1cc(CN2CCN(C3CC4(C3)CN(c3ccc(C(=O)NS(=O)(=O)c5ccc(NC[C@H]6CC[C@](C)(O)CC6)c([N+](=O)[O-])c5)c(Oc5cnc6[nH]cc(F)c6c5)c3)C4)[C@H](c3ccccc3C(C)C)C2)cc2ccoc12. The Labute approximate surface area is 440 Å². The summed E-state index contributed by atoms with van der Waals surface area (Å²) in [6.07, 6.45) is 9.02. The Kier molecular flexibility index (Phi) is 13.5. The number of nitrogens with one attached hydrogen (secondary N) is 3. The smallest absolute Gasteiger partial charge is 0.293 e. The minimum absolute atomic E-state index is 0.0112. The first-order valence-corrected chi connectivity index (χ1v) is 27.5. The van der Waals surface area contributed by atoms with E-state index in [-0.39, 0.29) is 45.5 Å². The highest BCUT2D eigenvalue weighted by atomic mass is 32.2. The number of ether oxygens (including phenoxy) is 2. The Morgan fingerprint density at radius 3 is 2.58 bits per heavy atom. The molecule has 1 amide bonds. The molecule has 2 saturated heterocycles. The molecule has 4 aromatic carbocycles. The number of H-pyrrole nitrogens is 1. The molecule has 19 heteroatoms. The van der Waals surface area contributed by atoms with E-state index in [2.05, 4.69) is 85.0 Å². The predicted molar refractivity (Wildman–Crippen MR) is 287 cm³/mol. The van der Waals surface area contributed by atoms with E-state index < -0.39 is 42.9 Å². The Hall–Kier alpha value is -7.06. The van der Waals surface area contributed by atoms with Crippen LogP contribution in [0.25, 0.3) is 22.0 Å². The molecule has 0 unspecified atom stereocenters. The molecule has 398 valence electrons. The normalized spacial score (nSPS) is 21.2. The second-order valence-corrected chi connectivity index (χ2v) is 23.7. The zero-order valence-electron chi connectivity index (χ0n) is 43.1. The third kappa shape index (κ3) is 10.2. The first-order valence-electron chi connectivity index (χ1n) is 26.1. The number of benzene rings is 4. The van der Waals surface area contributed by atoms with Gasteiger partial charge in [0.05, 0.1) is 45.9 Å². The number of pyridine rings is 1. The predicted octanol–water partition coefficient (Wildman–Crippen LogP) is 10.3. The van der Waals surface area contributed by atoms with E-state index >= 15 is 0 Å². The molecule has 17 nitrogen and oxygen atoms in total. The quantitative estimate of drug-likeness (QED) is 0.0525. The molecular weight excluding hydrogens is 992 g/mol. The van der Waals surface area contributed by atoms with Crippen molar-refractivity contribution in [2.24, 2.45) is 11.3 Å². The van der Waals surface area contributed by atoms with Crippen LogP contribution in [0.4, 0.5) is 21.5 Å². The van der Waals surface area contributed by atoms with Gasteiger partial charge in [0.15, 0.2) is 11.3 Å². The first-order chi connectivity index (χ1) is 36.4. The molecule has 4 N–H and O–H groups in total. The number of aliphatic hydroxyl groups is 1. The van der Waals surface area contributed by atoms with Crippen LogP contribution in [0.15, 0.2) is 113 Å². The number of hydrogen-bond donors (Lipinski definition) is 4. The van der Waals surface area contributed by atoms with Crippen molar-refractivity contribution in [2.45, 2.75) is 94.3 Å². The number of carbonyl (C=O) groups is 1. The average Bonchev–Trinajstić information content (AvgIpc) is 4.05. The second-order valence-electron chi connectivity index (χ2n) is 22.0. The van der Waals surface area contributed by atoms with Gasteiger partial charge in [-0.2, -0.15) is 0 Å². The van der Waals surface area contributed by atoms with Gasteiger partial charge in [-0.3, -0.25) is 24.7 Å². The second kappa shape index (κ2) is 20.1. The molecule has 2 saturated carbocycles. The van der Waals surface area contributed by atoms with Crippen molar-refractivity contribution in [3.63, 3.8) is 0 Å². The van der Waals surface area contributed by atoms with E-state index in [1.165, 1.54) is 53.3 Å². The number of methoxy groups -OCH3 is 1. The summed E-state index contributed by atoms with van der Waals surface area (Å²) in [6, 6.07) is 25.5. The average molecular weight is 1060 g/mol. The number of carbonyl (C=O) groups excluding carboxylic acids is 1. The minimum Gasteiger partial charge on any atom is -0.493 e. The lowest BCUT2D eigenvalue weighted by Crippen LogP contribution is -2.68. The molecule has 2 aliphatic carbocycles. The van der Waals surface area contributed by atoms with Crippen LogP contribution >= 0.6 is 0 Å². The third-order valence-electron chi connectivity index (χ3n) is 16.3. The highest BCUT2D eigenvalue weighted by Gasteiger charge is 2.55. The lowest BCUT2D eigenvalue weighted by atomic mass is 9.59. The van der Waals surface area contributed by atoms with E-state index in [0.717, 1.165) is 93.4 Å². The maximum atomic E-state index is 14.7. The topological polar surface area (TPSA) is 209 Å². The Balaban J connectivity index is 0.798. The summed E-state index contributed by atoms with van der Waals surface area (Å²) in [7, 11) is -2.98. The van der Waals surface area contributed by atoms with Gasteiger partial charge in [0.2, 0.25) is 0 Å². The molecule has 7 aromatic rings. The molecule has 1 spiro atoms. The fourth-order valence-electron chi connectivity index (χ4n) is 12.1. The molecule has 4 fully saturated rings. The number of halogens is 1. The van der Waals surface area contributed by atoms with Crippen LogP contribution in [0.5, 0.6) is 17.2 Å². The zero-order valence-corrected chi connectivity index (χ0v) is 43.9. The third-order valence-corrected chi connectivity index (χ3v) is 17.6. The Morgan fingerprint density at radius 1 is 1.03 bits per heavy atom. The number of fused-ring (bicyclic) bond motifs is 2. The van der Waals surface area contributed by atoms with E-state index in [1.807, 2.05) is 6.07 Å². The van der Waals surface area contributed by atoms with Gasteiger partial charge in [-0.1, -0.05) is 38.1 Å². The summed E-state index contributed by atoms with van der Waals surface area (Å²) in [6.45, 7) is 11.8. The lowest BCUT2D eigenvalue weighted by molar-refractivity contribution is -0.384. The van der Waals surface area contributed by atoms with Gasteiger partial charge in [-0.15, -0.1) is 0 Å². The number of aromatic nitrogens is 2. The fourth-order valence-corrected chi connectivity index (χ4v) is 13.1. The fraction of sp³-hybridized carbons (Fsp3) is 0.404. The highest BCUT2D eigenvalue weighted by molar-refractivity contribution is 7.90. The summed E-state index contributed by atoms with van der Waals surface area (Å²) in [5.74, 6) is -0.176.